The van der Waals surface area contributed by atoms with Crippen molar-refractivity contribution in [2.24, 2.45) is 11.7 Å². The van der Waals surface area contributed by atoms with Gasteiger partial charge in [0.15, 0.2) is 0 Å². The summed E-state index contributed by atoms with van der Waals surface area (Å²) < 4.78 is 0. The third kappa shape index (κ3) is 6.52. The van der Waals surface area contributed by atoms with Gasteiger partial charge in [-0.15, -0.1) is 0 Å². The lowest BCUT2D eigenvalue weighted by molar-refractivity contribution is -0.131. The lowest BCUT2D eigenvalue weighted by Crippen LogP contribution is -2.49. The Morgan fingerprint density at radius 3 is 2.29 bits per heavy atom. The average Bonchev–Trinajstić information content (AvgIpc) is 2.72. The van der Waals surface area contributed by atoms with Crippen molar-refractivity contribution in [2.75, 3.05) is 31.1 Å². The molecule has 0 saturated carbocycles. The molecular weight excluding hydrogens is 453 g/mol. The average molecular weight is 483 g/mol. The number of hydrogen-bond acceptors (Lipinski definition) is 3. The molecule has 1 aliphatic rings. The number of aryl methyl sites for hydroxylation is 1. The van der Waals surface area contributed by atoms with Gasteiger partial charge in [-0.25, -0.2) is 0 Å². The maximum absolute atomic E-state index is 12.7. The van der Waals surface area contributed by atoms with E-state index in [1.165, 1.54) is 0 Å². The van der Waals surface area contributed by atoms with Crippen LogP contribution in [0.3, 0.4) is 0 Å². The van der Waals surface area contributed by atoms with Crippen LogP contribution in [0.15, 0.2) is 36.4 Å². The number of benzene rings is 2. The summed E-state index contributed by atoms with van der Waals surface area (Å²) in [4.78, 5) is 17.0. The van der Waals surface area contributed by atoms with E-state index in [9.17, 15) is 4.79 Å². The minimum atomic E-state index is -0.0579. The first-order valence-corrected chi connectivity index (χ1v) is 11.9. The Labute approximate surface area is 200 Å². The van der Waals surface area contributed by atoms with E-state index in [0.29, 0.717) is 46.9 Å². The molecule has 0 spiro atoms. The highest BCUT2D eigenvalue weighted by Crippen LogP contribution is 2.32. The fraction of sp³-hybridized carbons (Fsp3) is 0.458. The van der Waals surface area contributed by atoms with Gasteiger partial charge < -0.3 is 15.5 Å². The molecule has 1 amide bonds. The second-order valence-corrected chi connectivity index (χ2v) is 9.82. The Kier molecular flexibility index (Phi) is 8.51. The lowest BCUT2D eigenvalue weighted by atomic mass is 9.96. The van der Waals surface area contributed by atoms with Crippen LogP contribution in [0.25, 0.3) is 0 Å². The Morgan fingerprint density at radius 1 is 1.00 bits per heavy atom. The van der Waals surface area contributed by atoms with Gasteiger partial charge in [-0.3, -0.25) is 4.79 Å². The van der Waals surface area contributed by atoms with Crippen LogP contribution in [-0.2, 0) is 11.2 Å². The molecule has 0 radical (unpaired) electrons. The van der Waals surface area contributed by atoms with E-state index in [1.807, 2.05) is 23.1 Å². The van der Waals surface area contributed by atoms with Crippen molar-refractivity contribution in [1.82, 2.24) is 4.90 Å². The number of halogens is 3. The van der Waals surface area contributed by atoms with Crippen LogP contribution in [0.5, 0.6) is 0 Å². The number of amides is 1. The maximum atomic E-state index is 12.7. The van der Waals surface area contributed by atoms with Crippen LogP contribution < -0.4 is 10.6 Å². The number of anilines is 1. The van der Waals surface area contributed by atoms with E-state index < -0.39 is 0 Å². The van der Waals surface area contributed by atoms with Crippen LogP contribution in [0.2, 0.25) is 15.1 Å². The molecule has 1 fully saturated rings. The summed E-state index contributed by atoms with van der Waals surface area (Å²) in [6, 6.07) is 11.3. The quantitative estimate of drug-likeness (QED) is 0.528. The van der Waals surface area contributed by atoms with E-state index in [1.54, 1.807) is 12.1 Å². The van der Waals surface area contributed by atoms with Gasteiger partial charge in [0.25, 0.3) is 0 Å². The first kappa shape index (κ1) is 24.2. The van der Waals surface area contributed by atoms with Gasteiger partial charge in [0, 0.05) is 59.4 Å². The fourth-order valence-corrected chi connectivity index (χ4v) is 4.75. The first-order valence-electron chi connectivity index (χ1n) is 10.8. The van der Waals surface area contributed by atoms with E-state index >= 15 is 0 Å². The number of nitrogens with two attached hydrogens (primary N) is 1. The minimum absolute atomic E-state index is 0.0579. The third-order valence-corrected chi connectivity index (χ3v) is 6.53. The SMILES string of the molecule is CC(C)CC(N)c1cc(Cl)ccc1N1CCN(C(=O)CCc2ccc(Cl)cc2Cl)CC1. The van der Waals surface area contributed by atoms with Crippen LogP contribution in [0.4, 0.5) is 5.69 Å². The molecule has 2 N–H and O–H groups in total. The molecule has 4 nitrogen and oxygen atoms in total. The molecule has 1 saturated heterocycles. The molecule has 1 unspecified atom stereocenters. The number of rotatable bonds is 7. The van der Waals surface area contributed by atoms with Gasteiger partial charge in [0.1, 0.15) is 0 Å². The predicted molar refractivity (Wildman–Crippen MR) is 131 cm³/mol. The molecule has 0 aromatic heterocycles. The van der Waals surface area contributed by atoms with Crippen molar-refractivity contribution in [3.05, 3.63) is 62.6 Å². The summed E-state index contributed by atoms with van der Waals surface area (Å²) in [5.41, 5.74) is 9.65. The van der Waals surface area contributed by atoms with Crippen LogP contribution in [-0.4, -0.2) is 37.0 Å². The molecule has 7 heteroatoms. The summed E-state index contributed by atoms with van der Waals surface area (Å²) in [5.74, 6) is 0.656. The predicted octanol–water partition coefficient (Wildman–Crippen LogP) is 5.97. The number of hydrogen-bond donors (Lipinski definition) is 1. The molecule has 31 heavy (non-hydrogen) atoms. The molecule has 2 aromatic rings. The standard InChI is InChI=1S/C24H30Cl3N3O/c1-16(2)13-22(28)20-14-18(25)6-7-23(20)29-9-11-30(12-10-29)24(31)8-4-17-3-5-19(26)15-21(17)27/h3,5-7,14-16,22H,4,8-13,28H2,1-2H3. The molecule has 0 bridgehead atoms. The normalized spacial score (nSPS) is 15.5. The number of carbonyl (C=O) groups is 1. The van der Waals surface area contributed by atoms with Gasteiger partial charge in [0.05, 0.1) is 0 Å². The first-order chi connectivity index (χ1) is 14.7. The second kappa shape index (κ2) is 10.9. The summed E-state index contributed by atoms with van der Waals surface area (Å²) >= 11 is 18.4. The highest BCUT2D eigenvalue weighted by molar-refractivity contribution is 6.35. The number of carbonyl (C=O) groups excluding carboxylic acids is 1. The molecule has 2 aromatic carbocycles. The zero-order chi connectivity index (χ0) is 22.5. The minimum Gasteiger partial charge on any atom is -0.368 e. The van der Waals surface area contributed by atoms with Crippen molar-refractivity contribution >= 4 is 46.4 Å². The van der Waals surface area contributed by atoms with Gasteiger partial charge in [-0.1, -0.05) is 54.7 Å². The Bertz CT molecular complexity index is 911. The lowest BCUT2D eigenvalue weighted by Gasteiger charge is -2.38. The van der Waals surface area contributed by atoms with Crippen molar-refractivity contribution in [3.8, 4) is 0 Å². The largest absolute Gasteiger partial charge is 0.368 e. The van der Waals surface area contributed by atoms with Crippen molar-refractivity contribution in [1.29, 1.82) is 0 Å². The highest BCUT2D eigenvalue weighted by atomic mass is 35.5. The summed E-state index contributed by atoms with van der Waals surface area (Å²) in [5, 5.41) is 1.91. The fourth-order valence-electron chi connectivity index (χ4n) is 4.07. The van der Waals surface area contributed by atoms with Crippen molar-refractivity contribution in [3.63, 3.8) is 0 Å². The van der Waals surface area contributed by atoms with Crippen LogP contribution in [0.1, 0.15) is 43.9 Å². The van der Waals surface area contributed by atoms with Crippen LogP contribution in [0, 0.1) is 5.92 Å². The molecule has 168 valence electrons. The summed E-state index contributed by atoms with van der Waals surface area (Å²) in [6.07, 6.45) is 1.95. The van der Waals surface area contributed by atoms with E-state index in [4.69, 9.17) is 40.5 Å². The zero-order valence-corrected chi connectivity index (χ0v) is 20.4. The monoisotopic (exact) mass is 481 g/mol. The van der Waals surface area contributed by atoms with Crippen molar-refractivity contribution in [2.45, 2.75) is 39.2 Å². The molecule has 0 aliphatic carbocycles. The topological polar surface area (TPSA) is 49.6 Å². The molecule has 1 atom stereocenters. The maximum Gasteiger partial charge on any atom is 0.223 e. The summed E-state index contributed by atoms with van der Waals surface area (Å²) in [7, 11) is 0. The molecule has 1 aliphatic heterocycles. The van der Waals surface area contributed by atoms with E-state index in [2.05, 4.69) is 24.8 Å². The highest BCUT2D eigenvalue weighted by Gasteiger charge is 2.24. The van der Waals surface area contributed by atoms with E-state index in [0.717, 1.165) is 36.3 Å². The Balaban J connectivity index is 1.59. The van der Waals surface area contributed by atoms with E-state index in [-0.39, 0.29) is 11.9 Å². The van der Waals surface area contributed by atoms with Gasteiger partial charge in [-0.05, 0) is 60.2 Å². The van der Waals surface area contributed by atoms with Gasteiger partial charge in [0.2, 0.25) is 5.91 Å². The van der Waals surface area contributed by atoms with Gasteiger partial charge in [-0.2, -0.15) is 0 Å². The molecule has 3 rings (SSSR count). The molecule has 1 heterocycles. The van der Waals surface area contributed by atoms with Crippen molar-refractivity contribution < 1.29 is 4.79 Å². The second-order valence-electron chi connectivity index (χ2n) is 8.54. The zero-order valence-electron chi connectivity index (χ0n) is 18.1. The Hall–Kier alpha value is -1.46. The number of nitrogens with zero attached hydrogens (tertiary/aromatic N) is 2. The summed E-state index contributed by atoms with van der Waals surface area (Å²) in [6.45, 7) is 7.27. The smallest absolute Gasteiger partial charge is 0.223 e. The van der Waals surface area contributed by atoms with Crippen LogP contribution >= 0.6 is 34.8 Å². The number of piperazine rings is 1. The Morgan fingerprint density at radius 2 is 1.65 bits per heavy atom. The van der Waals surface area contributed by atoms with Gasteiger partial charge >= 0.3 is 0 Å². The molecular formula is C24H30Cl3N3O. The third-order valence-electron chi connectivity index (χ3n) is 5.71.